The largest absolute Gasteiger partial charge is 0.478 e. The van der Waals surface area contributed by atoms with Crippen molar-refractivity contribution in [3.8, 4) is 11.3 Å². The van der Waals surface area contributed by atoms with Gasteiger partial charge >= 0.3 is 5.97 Å². The van der Waals surface area contributed by atoms with E-state index in [0.29, 0.717) is 11.5 Å². The molecule has 2 aliphatic heterocycles. The third kappa shape index (κ3) is 5.40. The summed E-state index contributed by atoms with van der Waals surface area (Å²) < 4.78 is 7.82. The molecule has 1 saturated heterocycles. The molecule has 3 aliphatic rings. The minimum absolute atomic E-state index is 0.376. The smallest absolute Gasteiger partial charge is 0.335 e. The van der Waals surface area contributed by atoms with Gasteiger partial charge in [0.25, 0.3) is 0 Å². The standard InChI is InChI=1S/C34H45N3O3/c1-24-10-12-29-30(21-24)36(17-16-35-15-6-7-25(23-35)14-20-40-2)18-19-37-31-22-27(34(38)39)11-13-28(31)32(33(29)37)26-8-4-3-5-9-26/h10-13,21-22,25-26H,3-9,14-20,23H2,1-2H3,(H,38,39). The SMILES string of the molecule is COCCC1CCCN(CCN2CCn3c(c(C4CCCCC4)c4ccc(C(=O)O)cc43)-c3ccc(C)cc32)C1. The van der Waals surface area contributed by atoms with Gasteiger partial charge in [-0.3, -0.25) is 0 Å². The number of aromatic nitrogens is 1. The van der Waals surface area contributed by atoms with Crippen LogP contribution in [0.3, 0.4) is 0 Å². The molecular formula is C34H45N3O3. The predicted octanol–water partition coefficient (Wildman–Crippen LogP) is 6.93. The molecule has 6 heteroatoms. The Labute approximate surface area is 238 Å². The Morgan fingerprint density at radius 3 is 2.62 bits per heavy atom. The summed E-state index contributed by atoms with van der Waals surface area (Å²) in [4.78, 5) is 17.2. The van der Waals surface area contributed by atoms with E-state index in [1.807, 2.05) is 6.07 Å². The number of aryl methyl sites for hydroxylation is 1. The highest BCUT2D eigenvalue weighted by Crippen LogP contribution is 2.47. The monoisotopic (exact) mass is 543 g/mol. The van der Waals surface area contributed by atoms with Crippen molar-refractivity contribution in [3.63, 3.8) is 0 Å². The highest BCUT2D eigenvalue weighted by atomic mass is 16.5. The zero-order valence-corrected chi connectivity index (χ0v) is 24.3. The van der Waals surface area contributed by atoms with Crippen LogP contribution in [0.15, 0.2) is 36.4 Å². The van der Waals surface area contributed by atoms with Gasteiger partial charge in [-0.05, 0) is 86.7 Å². The van der Waals surface area contributed by atoms with E-state index in [1.54, 1.807) is 13.2 Å². The summed E-state index contributed by atoms with van der Waals surface area (Å²) in [6.45, 7) is 9.29. The van der Waals surface area contributed by atoms with Gasteiger partial charge in [-0.1, -0.05) is 37.5 Å². The third-order valence-electron chi connectivity index (χ3n) is 9.73. The van der Waals surface area contributed by atoms with Crippen molar-refractivity contribution in [2.75, 3.05) is 51.3 Å². The lowest BCUT2D eigenvalue weighted by Gasteiger charge is -2.35. The lowest BCUT2D eigenvalue weighted by molar-refractivity contribution is 0.0697. The van der Waals surface area contributed by atoms with Crippen LogP contribution in [0.5, 0.6) is 0 Å². The molecule has 1 atom stereocenters. The van der Waals surface area contributed by atoms with Crippen molar-refractivity contribution >= 4 is 22.6 Å². The first-order chi connectivity index (χ1) is 19.5. The predicted molar refractivity (Wildman–Crippen MR) is 163 cm³/mol. The number of hydrogen-bond acceptors (Lipinski definition) is 4. The van der Waals surface area contributed by atoms with Gasteiger partial charge in [-0.2, -0.15) is 0 Å². The highest BCUT2D eigenvalue weighted by molar-refractivity contribution is 5.99. The maximum absolute atomic E-state index is 12.0. The number of nitrogens with zero attached hydrogens (tertiary/aromatic N) is 3. The van der Waals surface area contributed by atoms with E-state index in [1.165, 1.54) is 91.5 Å². The normalized spacial score (nSPS) is 20.4. The number of carboxylic acid groups (broad SMARTS) is 1. The van der Waals surface area contributed by atoms with E-state index in [2.05, 4.69) is 45.6 Å². The quantitative estimate of drug-likeness (QED) is 0.334. The Morgan fingerprint density at radius 2 is 1.82 bits per heavy atom. The average Bonchev–Trinajstić information content (AvgIpc) is 3.21. The molecule has 0 amide bonds. The number of rotatable bonds is 8. The summed E-state index contributed by atoms with van der Waals surface area (Å²) in [6, 6.07) is 12.8. The first kappa shape index (κ1) is 27.3. The molecule has 3 aromatic rings. The topological polar surface area (TPSA) is 57.9 Å². The lowest BCUT2D eigenvalue weighted by atomic mass is 9.81. The molecule has 6 rings (SSSR count). The van der Waals surface area contributed by atoms with E-state index in [-0.39, 0.29) is 0 Å². The molecule has 0 spiro atoms. The second kappa shape index (κ2) is 12.0. The van der Waals surface area contributed by atoms with Crippen LogP contribution in [-0.4, -0.2) is 67.0 Å². The second-order valence-corrected chi connectivity index (χ2v) is 12.4. The van der Waals surface area contributed by atoms with Gasteiger partial charge in [-0.15, -0.1) is 0 Å². The molecule has 2 fully saturated rings. The molecule has 0 radical (unpaired) electrons. The molecule has 40 heavy (non-hydrogen) atoms. The number of fused-ring (bicyclic) bond motifs is 5. The summed E-state index contributed by atoms with van der Waals surface area (Å²) in [5.74, 6) is 0.413. The minimum atomic E-state index is -0.853. The van der Waals surface area contributed by atoms with Crippen molar-refractivity contribution in [3.05, 3.63) is 53.1 Å². The fourth-order valence-corrected chi connectivity index (χ4v) is 7.65. The van der Waals surface area contributed by atoms with Gasteiger partial charge in [0.2, 0.25) is 0 Å². The van der Waals surface area contributed by atoms with Crippen molar-refractivity contribution in [2.24, 2.45) is 5.92 Å². The van der Waals surface area contributed by atoms with Crippen LogP contribution in [0.25, 0.3) is 22.2 Å². The maximum atomic E-state index is 12.0. The number of anilines is 1. The number of carboxylic acids is 1. The molecule has 3 heterocycles. The van der Waals surface area contributed by atoms with Crippen molar-refractivity contribution in [1.82, 2.24) is 9.47 Å². The number of methoxy groups -OCH3 is 1. The number of likely N-dealkylation sites (tertiary alicyclic amines) is 1. The van der Waals surface area contributed by atoms with Gasteiger partial charge in [-0.25, -0.2) is 4.79 Å². The fraction of sp³-hybridized carbons (Fsp3) is 0.559. The molecule has 2 aromatic carbocycles. The molecule has 1 unspecified atom stereocenters. The molecular weight excluding hydrogens is 498 g/mol. The van der Waals surface area contributed by atoms with Gasteiger partial charge in [0, 0.05) is 68.6 Å². The van der Waals surface area contributed by atoms with Crippen LogP contribution in [0, 0.1) is 12.8 Å². The molecule has 6 nitrogen and oxygen atoms in total. The van der Waals surface area contributed by atoms with Gasteiger partial charge in [0.05, 0.1) is 11.3 Å². The Kier molecular flexibility index (Phi) is 8.17. The highest BCUT2D eigenvalue weighted by Gasteiger charge is 2.31. The Hall–Kier alpha value is -2.83. The molecule has 214 valence electrons. The lowest BCUT2D eigenvalue weighted by Crippen LogP contribution is -2.41. The minimum Gasteiger partial charge on any atom is -0.478 e. The number of ether oxygens (including phenoxy) is 1. The zero-order valence-electron chi connectivity index (χ0n) is 24.3. The van der Waals surface area contributed by atoms with E-state index < -0.39 is 5.97 Å². The Morgan fingerprint density at radius 1 is 0.975 bits per heavy atom. The van der Waals surface area contributed by atoms with Gasteiger partial charge in [0.15, 0.2) is 0 Å². The summed E-state index contributed by atoms with van der Waals surface area (Å²) in [5, 5.41) is 11.1. The van der Waals surface area contributed by atoms with Crippen LogP contribution in [-0.2, 0) is 11.3 Å². The zero-order chi connectivity index (χ0) is 27.6. The summed E-state index contributed by atoms with van der Waals surface area (Å²) in [5.41, 5.74) is 8.19. The summed E-state index contributed by atoms with van der Waals surface area (Å²) in [7, 11) is 1.81. The molecule has 1 aromatic heterocycles. The third-order valence-corrected chi connectivity index (χ3v) is 9.73. The van der Waals surface area contributed by atoms with Crippen molar-refractivity contribution in [1.29, 1.82) is 0 Å². The van der Waals surface area contributed by atoms with Crippen molar-refractivity contribution < 1.29 is 14.6 Å². The number of piperidine rings is 1. The number of carbonyl (C=O) groups is 1. The Bertz CT molecular complexity index is 1360. The maximum Gasteiger partial charge on any atom is 0.335 e. The van der Waals surface area contributed by atoms with E-state index in [0.717, 1.165) is 50.6 Å². The first-order valence-electron chi connectivity index (χ1n) is 15.5. The second-order valence-electron chi connectivity index (χ2n) is 12.4. The van der Waals surface area contributed by atoms with Crippen LogP contribution >= 0.6 is 0 Å². The average molecular weight is 544 g/mol. The molecule has 1 aliphatic carbocycles. The Balaban J connectivity index is 1.37. The number of benzene rings is 2. The number of hydrogen-bond donors (Lipinski definition) is 1. The molecule has 1 N–H and O–H groups in total. The van der Waals surface area contributed by atoms with Crippen LogP contribution < -0.4 is 4.90 Å². The van der Waals surface area contributed by atoms with Gasteiger partial charge < -0.3 is 24.2 Å². The van der Waals surface area contributed by atoms with Gasteiger partial charge in [0.1, 0.15) is 0 Å². The van der Waals surface area contributed by atoms with Crippen molar-refractivity contribution in [2.45, 2.75) is 70.8 Å². The van der Waals surface area contributed by atoms with E-state index >= 15 is 0 Å². The fourth-order valence-electron chi connectivity index (χ4n) is 7.65. The number of aromatic carboxylic acids is 1. The van der Waals surface area contributed by atoms with Crippen LogP contribution in [0.1, 0.15) is 78.8 Å². The summed E-state index contributed by atoms with van der Waals surface area (Å²) >= 11 is 0. The van der Waals surface area contributed by atoms with E-state index in [9.17, 15) is 9.90 Å². The van der Waals surface area contributed by atoms with Crippen LogP contribution in [0.2, 0.25) is 0 Å². The molecule has 1 saturated carbocycles. The molecule has 0 bridgehead atoms. The summed E-state index contributed by atoms with van der Waals surface area (Å²) in [6.07, 6.45) is 10.1. The van der Waals surface area contributed by atoms with Crippen LogP contribution in [0.4, 0.5) is 5.69 Å². The first-order valence-corrected chi connectivity index (χ1v) is 15.5. The van der Waals surface area contributed by atoms with E-state index in [4.69, 9.17) is 4.74 Å².